The van der Waals surface area contributed by atoms with Gasteiger partial charge in [-0.1, -0.05) is 36.4 Å². The molecule has 0 unspecified atom stereocenters. The summed E-state index contributed by atoms with van der Waals surface area (Å²) < 4.78 is 23.5. The summed E-state index contributed by atoms with van der Waals surface area (Å²) in [5.74, 6) is 0.622. The first-order valence-corrected chi connectivity index (χ1v) is 10.6. The zero-order chi connectivity index (χ0) is 22.5. The molecule has 0 radical (unpaired) electrons. The maximum absolute atomic E-state index is 14.1. The smallest absolute Gasteiger partial charge is 0.199 e. The second kappa shape index (κ2) is 9.84. The standard InChI is InChI=1S/C24H24FN5OS/c1-28(15-19-10-11-22(31-2)21(25)13-19)17-30-24(32)29(16-18-7-4-3-5-8-18)23(27-30)20-9-6-12-26-14-20/h3-14H,15-17H2,1-2H3. The highest BCUT2D eigenvalue weighted by Crippen LogP contribution is 2.21. The molecule has 2 heterocycles. The van der Waals surface area contributed by atoms with Crippen molar-refractivity contribution in [2.75, 3.05) is 14.2 Å². The molecule has 0 spiro atoms. The number of hydrogen-bond acceptors (Lipinski definition) is 5. The van der Waals surface area contributed by atoms with Crippen molar-refractivity contribution >= 4 is 12.2 Å². The topological polar surface area (TPSA) is 48.1 Å². The molecule has 0 aliphatic heterocycles. The Morgan fingerprint density at radius 3 is 2.56 bits per heavy atom. The summed E-state index contributed by atoms with van der Waals surface area (Å²) in [6.45, 7) is 1.61. The molecule has 8 heteroatoms. The van der Waals surface area contributed by atoms with Crippen molar-refractivity contribution in [2.24, 2.45) is 0 Å². The van der Waals surface area contributed by atoms with E-state index in [-0.39, 0.29) is 11.6 Å². The van der Waals surface area contributed by atoms with E-state index in [1.54, 1.807) is 23.1 Å². The number of methoxy groups -OCH3 is 1. The van der Waals surface area contributed by atoms with Gasteiger partial charge in [0, 0.05) is 24.5 Å². The highest BCUT2D eigenvalue weighted by atomic mass is 32.1. The van der Waals surface area contributed by atoms with Gasteiger partial charge in [0.05, 0.1) is 20.3 Å². The van der Waals surface area contributed by atoms with E-state index in [2.05, 4.69) is 17.1 Å². The first kappa shape index (κ1) is 21.9. The summed E-state index contributed by atoms with van der Waals surface area (Å²) in [6, 6.07) is 19.0. The van der Waals surface area contributed by atoms with E-state index < -0.39 is 0 Å². The Hall–Kier alpha value is -3.36. The number of aromatic nitrogens is 4. The van der Waals surface area contributed by atoms with Crippen molar-refractivity contribution in [1.82, 2.24) is 24.2 Å². The van der Waals surface area contributed by atoms with Crippen LogP contribution in [-0.4, -0.2) is 38.4 Å². The lowest BCUT2D eigenvalue weighted by molar-refractivity contribution is 0.243. The molecule has 4 aromatic rings. The number of nitrogens with zero attached hydrogens (tertiary/aromatic N) is 5. The van der Waals surface area contributed by atoms with Crippen LogP contribution in [0, 0.1) is 10.6 Å². The maximum Gasteiger partial charge on any atom is 0.199 e. The molecule has 0 saturated carbocycles. The molecule has 4 rings (SSSR count). The zero-order valence-electron chi connectivity index (χ0n) is 18.0. The van der Waals surface area contributed by atoms with Crippen LogP contribution in [0.2, 0.25) is 0 Å². The Morgan fingerprint density at radius 2 is 1.88 bits per heavy atom. The lowest BCUT2D eigenvalue weighted by atomic mass is 10.2. The van der Waals surface area contributed by atoms with Gasteiger partial charge in [0.2, 0.25) is 0 Å². The van der Waals surface area contributed by atoms with Crippen molar-refractivity contribution < 1.29 is 9.13 Å². The Morgan fingerprint density at radius 1 is 1.06 bits per heavy atom. The molecule has 2 aromatic heterocycles. The number of rotatable bonds is 8. The summed E-state index contributed by atoms with van der Waals surface area (Å²) in [4.78, 5) is 6.27. The van der Waals surface area contributed by atoms with Crippen LogP contribution in [-0.2, 0) is 19.8 Å². The van der Waals surface area contributed by atoms with E-state index in [1.165, 1.54) is 13.2 Å². The highest BCUT2D eigenvalue weighted by molar-refractivity contribution is 7.71. The normalized spacial score (nSPS) is 11.1. The van der Waals surface area contributed by atoms with Crippen molar-refractivity contribution in [2.45, 2.75) is 19.8 Å². The minimum atomic E-state index is -0.374. The summed E-state index contributed by atoms with van der Waals surface area (Å²) in [5, 5.41) is 4.80. The molecule has 0 aliphatic rings. The monoisotopic (exact) mass is 449 g/mol. The van der Waals surface area contributed by atoms with E-state index in [9.17, 15) is 4.39 Å². The van der Waals surface area contributed by atoms with Gasteiger partial charge in [0.25, 0.3) is 0 Å². The van der Waals surface area contributed by atoms with Gasteiger partial charge in [-0.3, -0.25) is 14.5 Å². The number of ether oxygens (including phenoxy) is 1. The SMILES string of the molecule is COc1ccc(CN(C)Cn2nc(-c3cccnc3)n(Cc3ccccc3)c2=S)cc1F. The zero-order valence-corrected chi connectivity index (χ0v) is 18.8. The van der Waals surface area contributed by atoms with Crippen LogP contribution in [0.3, 0.4) is 0 Å². The van der Waals surface area contributed by atoms with Crippen LogP contribution in [0.1, 0.15) is 11.1 Å². The Balaban J connectivity index is 1.61. The second-order valence-corrected chi connectivity index (χ2v) is 7.91. The van der Waals surface area contributed by atoms with Crippen molar-refractivity contribution in [1.29, 1.82) is 0 Å². The van der Waals surface area contributed by atoms with Gasteiger partial charge in [-0.2, -0.15) is 5.10 Å². The fourth-order valence-electron chi connectivity index (χ4n) is 3.55. The highest BCUT2D eigenvalue weighted by Gasteiger charge is 2.15. The quantitative estimate of drug-likeness (QED) is 0.363. The number of halogens is 1. The van der Waals surface area contributed by atoms with Crippen LogP contribution >= 0.6 is 12.2 Å². The molecule has 6 nitrogen and oxygen atoms in total. The lowest BCUT2D eigenvalue weighted by Crippen LogP contribution is -2.22. The summed E-state index contributed by atoms with van der Waals surface area (Å²) in [7, 11) is 3.40. The first-order chi connectivity index (χ1) is 15.5. The Bertz CT molecular complexity index is 1240. The molecule has 0 fully saturated rings. The third kappa shape index (κ3) is 4.92. The number of pyridine rings is 1. The predicted molar refractivity (Wildman–Crippen MR) is 124 cm³/mol. The van der Waals surface area contributed by atoms with Crippen molar-refractivity contribution in [3.8, 4) is 17.1 Å². The first-order valence-electron chi connectivity index (χ1n) is 10.2. The van der Waals surface area contributed by atoms with E-state index in [1.807, 2.05) is 52.9 Å². The Labute approximate surface area is 191 Å². The molecule has 0 saturated heterocycles. The third-order valence-corrected chi connectivity index (χ3v) is 5.50. The van der Waals surface area contributed by atoms with E-state index in [0.717, 1.165) is 22.5 Å². The molecule has 0 aliphatic carbocycles. The van der Waals surface area contributed by atoms with E-state index in [0.29, 0.717) is 24.5 Å². The van der Waals surface area contributed by atoms with Gasteiger partial charge in [-0.25, -0.2) is 9.07 Å². The fourth-order valence-corrected chi connectivity index (χ4v) is 3.80. The van der Waals surface area contributed by atoms with Crippen LogP contribution in [0.5, 0.6) is 5.75 Å². The minimum Gasteiger partial charge on any atom is -0.494 e. The summed E-state index contributed by atoms with van der Waals surface area (Å²) in [6.07, 6.45) is 3.52. The molecule has 0 bridgehead atoms. The van der Waals surface area contributed by atoms with Crippen molar-refractivity contribution in [3.05, 3.63) is 94.8 Å². The van der Waals surface area contributed by atoms with E-state index in [4.69, 9.17) is 22.1 Å². The summed E-state index contributed by atoms with van der Waals surface area (Å²) in [5.41, 5.74) is 2.87. The predicted octanol–water partition coefficient (Wildman–Crippen LogP) is 4.76. The average Bonchev–Trinajstić information content (AvgIpc) is 3.10. The van der Waals surface area contributed by atoms with Gasteiger partial charge in [0.15, 0.2) is 22.2 Å². The molecule has 0 N–H and O–H groups in total. The lowest BCUT2D eigenvalue weighted by Gasteiger charge is -2.17. The maximum atomic E-state index is 14.1. The summed E-state index contributed by atoms with van der Waals surface area (Å²) >= 11 is 5.79. The molecule has 0 amide bonds. The van der Waals surface area contributed by atoms with Crippen LogP contribution in [0.15, 0.2) is 73.1 Å². The largest absolute Gasteiger partial charge is 0.494 e. The molecular weight excluding hydrogens is 425 g/mol. The second-order valence-electron chi connectivity index (χ2n) is 7.54. The van der Waals surface area contributed by atoms with Gasteiger partial charge >= 0.3 is 0 Å². The van der Waals surface area contributed by atoms with Gasteiger partial charge in [-0.15, -0.1) is 0 Å². The number of hydrogen-bond donors (Lipinski definition) is 0. The molecule has 2 aromatic carbocycles. The van der Waals surface area contributed by atoms with Gasteiger partial charge in [-0.05, 0) is 54.7 Å². The van der Waals surface area contributed by atoms with Crippen LogP contribution < -0.4 is 4.74 Å². The molecule has 32 heavy (non-hydrogen) atoms. The van der Waals surface area contributed by atoms with Crippen LogP contribution in [0.4, 0.5) is 4.39 Å². The number of benzene rings is 2. The van der Waals surface area contributed by atoms with Gasteiger partial charge in [0.1, 0.15) is 0 Å². The van der Waals surface area contributed by atoms with Gasteiger partial charge < -0.3 is 4.74 Å². The van der Waals surface area contributed by atoms with Crippen molar-refractivity contribution in [3.63, 3.8) is 0 Å². The third-order valence-electron chi connectivity index (χ3n) is 5.07. The molecule has 164 valence electrons. The van der Waals surface area contributed by atoms with E-state index >= 15 is 0 Å². The molecule has 0 atom stereocenters. The average molecular weight is 450 g/mol. The fraction of sp³-hybridized carbons (Fsp3) is 0.208. The molecular formula is C24H24FN5OS. The van der Waals surface area contributed by atoms with Crippen LogP contribution in [0.25, 0.3) is 11.4 Å². The minimum absolute atomic E-state index is 0.236. The Kier molecular flexibility index (Phi) is 6.72.